The van der Waals surface area contributed by atoms with E-state index < -0.39 is 16.1 Å². The van der Waals surface area contributed by atoms with Gasteiger partial charge in [-0.25, -0.2) is 27.2 Å². The van der Waals surface area contributed by atoms with Gasteiger partial charge in [0.05, 0.1) is 16.0 Å². The van der Waals surface area contributed by atoms with Gasteiger partial charge in [0.25, 0.3) is 10.0 Å². The molecule has 4 aromatic rings. The van der Waals surface area contributed by atoms with Gasteiger partial charge >= 0.3 is 6.09 Å². The number of fused-ring (bicyclic) bond motifs is 1. The molecule has 180 valence electrons. The number of amides is 1. The van der Waals surface area contributed by atoms with Crippen LogP contribution in [0.15, 0.2) is 71.9 Å². The van der Waals surface area contributed by atoms with Gasteiger partial charge in [-0.1, -0.05) is 29.8 Å². The molecule has 0 bridgehead atoms. The zero-order chi connectivity index (χ0) is 24.6. The molecule has 5 rings (SSSR count). The van der Waals surface area contributed by atoms with Gasteiger partial charge in [0.2, 0.25) is 0 Å². The second-order valence-electron chi connectivity index (χ2n) is 8.13. The minimum Gasteiger partial charge on any atom is -0.490 e. The Balaban J connectivity index is 1.49. The van der Waals surface area contributed by atoms with Crippen molar-refractivity contribution >= 4 is 38.8 Å². The van der Waals surface area contributed by atoms with Gasteiger partial charge in [-0.2, -0.15) is 0 Å². The fraction of sp³-hybridized carbons (Fsp3) is 0.208. The van der Waals surface area contributed by atoms with Gasteiger partial charge in [0, 0.05) is 25.9 Å². The van der Waals surface area contributed by atoms with Crippen LogP contribution in [0.1, 0.15) is 12.8 Å². The van der Waals surface area contributed by atoms with Crippen LogP contribution in [-0.4, -0.2) is 57.7 Å². The van der Waals surface area contributed by atoms with E-state index in [1.54, 1.807) is 48.5 Å². The van der Waals surface area contributed by atoms with E-state index in [1.807, 2.05) is 0 Å². The van der Waals surface area contributed by atoms with Gasteiger partial charge in [-0.3, -0.25) is 0 Å². The standard InChI is InChI=1S/C24H21ClN4O5S/c25-22-20-14-21(29(23(20)27-15-26-22)35(32,33)19-4-2-1-3-5-19)16-6-8-17(9-7-16)34-18-10-12-28(13-11-18)24(30)31/h1-9,14-15,18H,10-13H2,(H,30,31). The summed E-state index contributed by atoms with van der Waals surface area (Å²) in [5.74, 6) is 0.619. The molecule has 9 nitrogen and oxygen atoms in total. The zero-order valence-electron chi connectivity index (χ0n) is 18.4. The van der Waals surface area contributed by atoms with E-state index >= 15 is 0 Å². The van der Waals surface area contributed by atoms with Crippen LogP contribution >= 0.6 is 11.6 Å². The highest BCUT2D eigenvalue weighted by Gasteiger charge is 2.26. The van der Waals surface area contributed by atoms with Crippen molar-refractivity contribution in [2.75, 3.05) is 13.1 Å². The van der Waals surface area contributed by atoms with Crippen molar-refractivity contribution in [3.8, 4) is 17.0 Å². The van der Waals surface area contributed by atoms with Crippen LogP contribution in [0.5, 0.6) is 5.75 Å². The van der Waals surface area contributed by atoms with E-state index in [9.17, 15) is 13.2 Å². The molecule has 1 amide bonds. The fourth-order valence-electron chi connectivity index (χ4n) is 4.16. The van der Waals surface area contributed by atoms with Gasteiger partial charge in [0.15, 0.2) is 5.65 Å². The van der Waals surface area contributed by atoms with E-state index in [0.29, 0.717) is 48.3 Å². The summed E-state index contributed by atoms with van der Waals surface area (Å²) in [7, 11) is -3.98. The molecule has 1 fully saturated rings. The lowest BCUT2D eigenvalue weighted by atomic mass is 10.1. The number of rotatable bonds is 5. The molecule has 0 aliphatic carbocycles. The van der Waals surface area contributed by atoms with Crippen molar-refractivity contribution in [2.24, 2.45) is 0 Å². The van der Waals surface area contributed by atoms with Gasteiger partial charge in [-0.15, -0.1) is 0 Å². The monoisotopic (exact) mass is 512 g/mol. The first-order chi connectivity index (χ1) is 16.8. The number of halogens is 1. The number of hydrogen-bond acceptors (Lipinski definition) is 6. The van der Waals surface area contributed by atoms with Crippen molar-refractivity contribution in [1.82, 2.24) is 18.8 Å². The molecule has 0 spiro atoms. The lowest BCUT2D eigenvalue weighted by Crippen LogP contribution is -2.41. The minimum atomic E-state index is -3.98. The summed E-state index contributed by atoms with van der Waals surface area (Å²) >= 11 is 6.27. The lowest BCUT2D eigenvalue weighted by Gasteiger charge is -2.30. The van der Waals surface area contributed by atoms with Gasteiger partial charge < -0.3 is 14.7 Å². The Morgan fingerprint density at radius 1 is 1.03 bits per heavy atom. The smallest absolute Gasteiger partial charge is 0.407 e. The predicted molar refractivity (Wildman–Crippen MR) is 130 cm³/mol. The van der Waals surface area contributed by atoms with Crippen LogP contribution < -0.4 is 4.74 Å². The lowest BCUT2D eigenvalue weighted by molar-refractivity contribution is 0.0895. The fourth-order valence-corrected chi connectivity index (χ4v) is 5.85. The second kappa shape index (κ2) is 9.20. The first-order valence-corrected chi connectivity index (χ1v) is 12.7. The van der Waals surface area contributed by atoms with Gasteiger partial charge in [0.1, 0.15) is 23.3 Å². The molecule has 11 heteroatoms. The minimum absolute atomic E-state index is 0.0876. The quantitative estimate of drug-likeness (QED) is 0.391. The molecule has 0 atom stereocenters. The SMILES string of the molecule is O=C(O)N1CCC(Oc2ccc(-c3cc4c(Cl)ncnc4n3S(=O)(=O)c3ccccc3)cc2)CC1. The molecular formula is C24H21ClN4O5S. The highest BCUT2D eigenvalue weighted by atomic mass is 35.5. The molecule has 1 aliphatic rings. The van der Waals surface area contributed by atoms with Crippen molar-refractivity contribution in [3.05, 3.63) is 72.1 Å². The van der Waals surface area contributed by atoms with E-state index in [0.717, 1.165) is 0 Å². The van der Waals surface area contributed by atoms with Crippen molar-refractivity contribution in [1.29, 1.82) is 0 Å². The molecule has 1 saturated heterocycles. The summed E-state index contributed by atoms with van der Waals surface area (Å²) in [6.07, 6.45) is 1.44. The number of aromatic nitrogens is 3. The maximum atomic E-state index is 13.6. The van der Waals surface area contributed by atoms with E-state index in [1.165, 1.54) is 27.3 Å². The number of likely N-dealkylation sites (tertiary alicyclic amines) is 1. The van der Waals surface area contributed by atoms with Crippen molar-refractivity contribution in [3.63, 3.8) is 0 Å². The molecule has 0 saturated carbocycles. The molecule has 0 radical (unpaired) electrons. The van der Waals surface area contributed by atoms with Crippen LogP contribution in [-0.2, 0) is 10.0 Å². The topological polar surface area (TPSA) is 115 Å². The third kappa shape index (κ3) is 4.42. The van der Waals surface area contributed by atoms with E-state index in [2.05, 4.69) is 9.97 Å². The molecule has 2 aromatic carbocycles. The number of ether oxygens (including phenoxy) is 1. The average Bonchev–Trinajstić information content (AvgIpc) is 3.27. The number of nitrogens with zero attached hydrogens (tertiary/aromatic N) is 4. The third-order valence-corrected chi connectivity index (χ3v) is 7.97. The molecule has 2 aromatic heterocycles. The first kappa shape index (κ1) is 23.1. The Bertz CT molecular complexity index is 1480. The van der Waals surface area contributed by atoms with Crippen LogP contribution in [0, 0.1) is 0 Å². The van der Waals surface area contributed by atoms with E-state index in [4.69, 9.17) is 21.4 Å². The zero-order valence-corrected chi connectivity index (χ0v) is 20.0. The maximum absolute atomic E-state index is 13.6. The number of benzene rings is 2. The van der Waals surface area contributed by atoms with Crippen LogP contribution in [0.3, 0.4) is 0 Å². The molecular weight excluding hydrogens is 492 g/mol. The number of carboxylic acid groups (broad SMARTS) is 1. The Morgan fingerprint density at radius 2 is 1.71 bits per heavy atom. The Hall–Kier alpha value is -3.63. The van der Waals surface area contributed by atoms with Crippen molar-refractivity contribution in [2.45, 2.75) is 23.8 Å². The summed E-state index contributed by atoms with van der Waals surface area (Å²) in [6.45, 7) is 0.856. The van der Waals surface area contributed by atoms with Crippen LogP contribution in [0.25, 0.3) is 22.3 Å². The molecule has 0 unspecified atom stereocenters. The summed E-state index contributed by atoms with van der Waals surface area (Å²) in [5, 5.41) is 9.68. The summed E-state index contributed by atoms with van der Waals surface area (Å²) in [5.41, 5.74) is 1.22. The normalized spacial score (nSPS) is 14.8. The van der Waals surface area contributed by atoms with Crippen LogP contribution in [0.2, 0.25) is 5.15 Å². The van der Waals surface area contributed by atoms with Gasteiger partial charge in [-0.05, 0) is 48.0 Å². The van der Waals surface area contributed by atoms with Crippen molar-refractivity contribution < 1.29 is 23.1 Å². The Morgan fingerprint density at radius 3 is 2.37 bits per heavy atom. The maximum Gasteiger partial charge on any atom is 0.407 e. The number of carbonyl (C=O) groups is 1. The molecule has 35 heavy (non-hydrogen) atoms. The number of hydrogen-bond donors (Lipinski definition) is 1. The summed E-state index contributed by atoms with van der Waals surface area (Å²) in [6, 6.07) is 16.9. The highest BCUT2D eigenvalue weighted by Crippen LogP contribution is 2.34. The molecule has 1 N–H and O–H groups in total. The average molecular weight is 513 g/mol. The third-order valence-electron chi connectivity index (χ3n) is 5.95. The predicted octanol–water partition coefficient (Wildman–Crippen LogP) is 4.51. The Kier molecular flexibility index (Phi) is 6.08. The number of piperidine rings is 1. The van der Waals surface area contributed by atoms with E-state index in [-0.39, 0.29) is 21.8 Å². The van der Waals surface area contributed by atoms with Crippen LogP contribution in [0.4, 0.5) is 4.79 Å². The molecule has 1 aliphatic heterocycles. The summed E-state index contributed by atoms with van der Waals surface area (Å²) in [4.78, 5) is 20.8. The molecule has 3 heterocycles. The Labute approximate surface area is 206 Å². The first-order valence-electron chi connectivity index (χ1n) is 10.9. The largest absolute Gasteiger partial charge is 0.490 e. The highest BCUT2D eigenvalue weighted by molar-refractivity contribution is 7.90. The second-order valence-corrected chi connectivity index (χ2v) is 10.3. The summed E-state index contributed by atoms with van der Waals surface area (Å²) < 4.78 is 34.4.